The van der Waals surface area contributed by atoms with E-state index in [-0.39, 0.29) is 10.9 Å². The van der Waals surface area contributed by atoms with Crippen LogP contribution in [0.3, 0.4) is 0 Å². The van der Waals surface area contributed by atoms with Crippen molar-refractivity contribution >= 4 is 11.6 Å². The Bertz CT molecular complexity index is 593. The lowest BCUT2D eigenvalue weighted by Crippen LogP contribution is -2.07. The molecule has 1 N–H and O–H groups in total. The van der Waals surface area contributed by atoms with Crippen LogP contribution < -0.4 is 10.3 Å². The van der Waals surface area contributed by atoms with E-state index in [0.717, 1.165) is 6.42 Å². The second-order valence-corrected chi connectivity index (χ2v) is 4.58. The number of halogens is 1. The molecule has 0 saturated heterocycles. The molecular weight excluding hydrogens is 264 g/mol. The highest BCUT2D eigenvalue weighted by Crippen LogP contribution is 2.24. The standard InChI is InChI=1S/C14H15ClN2O2/c1-2-3-4-10-5-7-11(8-6-10)19-14-12(15)13(18)16-9-17-14/h5-9H,2-4H2,1H3,(H,16,17,18). The topological polar surface area (TPSA) is 55.0 Å². The summed E-state index contributed by atoms with van der Waals surface area (Å²) in [4.78, 5) is 17.6. The highest BCUT2D eigenvalue weighted by atomic mass is 35.5. The predicted molar refractivity (Wildman–Crippen MR) is 75.0 cm³/mol. The summed E-state index contributed by atoms with van der Waals surface area (Å²) in [6.07, 6.45) is 4.66. The van der Waals surface area contributed by atoms with E-state index >= 15 is 0 Å². The van der Waals surface area contributed by atoms with E-state index in [9.17, 15) is 4.79 Å². The quantitative estimate of drug-likeness (QED) is 0.910. The van der Waals surface area contributed by atoms with Gasteiger partial charge in [0.15, 0.2) is 5.02 Å². The van der Waals surface area contributed by atoms with Gasteiger partial charge in [0.05, 0.1) is 6.33 Å². The lowest BCUT2D eigenvalue weighted by Gasteiger charge is -2.06. The molecule has 1 aromatic heterocycles. The normalized spacial score (nSPS) is 10.4. The number of rotatable bonds is 5. The van der Waals surface area contributed by atoms with Crippen LogP contribution in [0.25, 0.3) is 0 Å². The Labute approximate surface area is 116 Å². The maximum Gasteiger partial charge on any atom is 0.273 e. The Morgan fingerprint density at radius 3 is 2.74 bits per heavy atom. The second kappa shape index (κ2) is 6.38. The SMILES string of the molecule is CCCCc1ccc(Oc2nc[nH]c(=O)c2Cl)cc1. The fourth-order valence-electron chi connectivity index (χ4n) is 1.65. The number of nitrogens with one attached hydrogen (secondary N) is 1. The van der Waals surface area contributed by atoms with Crippen molar-refractivity contribution < 1.29 is 4.74 Å². The highest BCUT2D eigenvalue weighted by molar-refractivity contribution is 6.31. The number of hydrogen-bond acceptors (Lipinski definition) is 3. The second-order valence-electron chi connectivity index (χ2n) is 4.20. The van der Waals surface area contributed by atoms with Gasteiger partial charge in [0.25, 0.3) is 5.56 Å². The van der Waals surface area contributed by atoms with Crippen LogP contribution in [0, 0.1) is 0 Å². The van der Waals surface area contributed by atoms with Gasteiger partial charge in [-0.3, -0.25) is 4.79 Å². The summed E-state index contributed by atoms with van der Waals surface area (Å²) in [6, 6.07) is 7.71. The number of H-pyrrole nitrogens is 1. The molecule has 4 nitrogen and oxygen atoms in total. The molecule has 0 radical (unpaired) electrons. The van der Waals surface area contributed by atoms with Gasteiger partial charge in [-0.15, -0.1) is 0 Å². The van der Waals surface area contributed by atoms with Crippen molar-refractivity contribution in [3.05, 3.63) is 51.5 Å². The summed E-state index contributed by atoms with van der Waals surface area (Å²) < 4.78 is 5.49. The summed E-state index contributed by atoms with van der Waals surface area (Å²) >= 11 is 5.81. The number of ether oxygens (including phenoxy) is 1. The minimum absolute atomic E-state index is 0.0439. The van der Waals surface area contributed by atoms with Gasteiger partial charge >= 0.3 is 0 Å². The molecule has 0 spiro atoms. The van der Waals surface area contributed by atoms with Crippen molar-refractivity contribution in [2.24, 2.45) is 0 Å². The van der Waals surface area contributed by atoms with Crippen LogP contribution in [-0.4, -0.2) is 9.97 Å². The molecule has 1 aromatic carbocycles. The Morgan fingerprint density at radius 2 is 2.05 bits per heavy atom. The molecule has 0 amide bonds. The van der Waals surface area contributed by atoms with Gasteiger partial charge in [-0.25, -0.2) is 4.98 Å². The first kappa shape index (κ1) is 13.6. The molecule has 100 valence electrons. The summed E-state index contributed by atoms with van der Waals surface area (Å²) in [7, 11) is 0. The van der Waals surface area contributed by atoms with Gasteiger partial charge in [-0.05, 0) is 30.5 Å². The largest absolute Gasteiger partial charge is 0.437 e. The predicted octanol–water partition coefficient (Wildman–Crippen LogP) is 3.56. The Balaban J connectivity index is 2.11. The first-order valence-corrected chi connectivity index (χ1v) is 6.58. The molecule has 1 heterocycles. The van der Waals surface area contributed by atoms with Crippen LogP contribution in [0.15, 0.2) is 35.4 Å². The van der Waals surface area contributed by atoms with E-state index in [1.54, 1.807) is 0 Å². The van der Waals surface area contributed by atoms with Crippen LogP contribution in [0.5, 0.6) is 11.6 Å². The number of unbranched alkanes of at least 4 members (excludes halogenated alkanes) is 1. The molecule has 0 atom stereocenters. The maximum atomic E-state index is 11.3. The molecule has 19 heavy (non-hydrogen) atoms. The Hall–Kier alpha value is -1.81. The summed E-state index contributed by atoms with van der Waals surface area (Å²) in [5, 5.41) is -0.0439. The molecule has 0 aliphatic carbocycles. The third kappa shape index (κ3) is 3.58. The van der Waals surface area contributed by atoms with E-state index < -0.39 is 5.56 Å². The maximum absolute atomic E-state index is 11.3. The zero-order valence-electron chi connectivity index (χ0n) is 10.6. The number of nitrogens with zero attached hydrogens (tertiary/aromatic N) is 1. The fourth-order valence-corrected chi connectivity index (χ4v) is 1.80. The number of aryl methyl sites for hydroxylation is 1. The van der Waals surface area contributed by atoms with Crippen molar-refractivity contribution in [2.75, 3.05) is 0 Å². The van der Waals surface area contributed by atoms with Crippen LogP contribution in [-0.2, 0) is 6.42 Å². The average Bonchev–Trinajstić information content (AvgIpc) is 2.43. The minimum Gasteiger partial charge on any atom is -0.437 e. The molecule has 0 fully saturated rings. The zero-order valence-corrected chi connectivity index (χ0v) is 11.4. The third-order valence-electron chi connectivity index (χ3n) is 2.72. The molecule has 0 aliphatic rings. The lowest BCUT2D eigenvalue weighted by atomic mass is 10.1. The molecule has 0 saturated carbocycles. The van der Waals surface area contributed by atoms with Crippen molar-refractivity contribution in [3.8, 4) is 11.6 Å². The average molecular weight is 279 g/mol. The van der Waals surface area contributed by atoms with Crippen molar-refractivity contribution in [1.82, 2.24) is 9.97 Å². The van der Waals surface area contributed by atoms with Crippen LogP contribution in [0.4, 0.5) is 0 Å². The number of benzene rings is 1. The van der Waals surface area contributed by atoms with Crippen LogP contribution >= 0.6 is 11.6 Å². The fraction of sp³-hybridized carbons (Fsp3) is 0.286. The van der Waals surface area contributed by atoms with Crippen LogP contribution in [0.1, 0.15) is 25.3 Å². The van der Waals surface area contributed by atoms with Gasteiger partial charge in [-0.2, -0.15) is 0 Å². The van der Waals surface area contributed by atoms with Gasteiger partial charge in [-0.1, -0.05) is 37.1 Å². The molecule has 0 aliphatic heterocycles. The number of aromatic nitrogens is 2. The number of aromatic amines is 1. The Morgan fingerprint density at radius 1 is 1.32 bits per heavy atom. The van der Waals surface area contributed by atoms with Crippen molar-refractivity contribution in [2.45, 2.75) is 26.2 Å². The first-order valence-electron chi connectivity index (χ1n) is 6.20. The summed E-state index contributed by atoms with van der Waals surface area (Å²) in [5.74, 6) is 0.729. The molecule has 0 bridgehead atoms. The smallest absolute Gasteiger partial charge is 0.273 e. The lowest BCUT2D eigenvalue weighted by molar-refractivity contribution is 0.460. The van der Waals surface area contributed by atoms with E-state index in [1.807, 2.05) is 24.3 Å². The van der Waals surface area contributed by atoms with E-state index in [0.29, 0.717) is 5.75 Å². The van der Waals surface area contributed by atoms with E-state index in [4.69, 9.17) is 16.3 Å². The minimum atomic E-state index is -0.411. The molecular formula is C14H15ClN2O2. The van der Waals surface area contributed by atoms with Gasteiger partial charge in [0, 0.05) is 0 Å². The van der Waals surface area contributed by atoms with Gasteiger partial charge in [0.2, 0.25) is 5.88 Å². The Kier molecular flexibility index (Phi) is 4.58. The van der Waals surface area contributed by atoms with E-state index in [2.05, 4.69) is 16.9 Å². The van der Waals surface area contributed by atoms with Gasteiger partial charge in [0.1, 0.15) is 5.75 Å². The van der Waals surface area contributed by atoms with Crippen LogP contribution in [0.2, 0.25) is 5.02 Å². The number of hydrogen-bond donors (Lipinski definition) is 1. The van der Waals surface area contributed by atoms with Gasteiger partial charge < -0.3 is 9.72 Å². The first-order chi connectivity index (χ1) is 9.20. The summed E-state index contributed by atoms with van der Waals surface area (Å²) in [6.45, 7) is 2.16. The van der Waals surface area contributed by atoms with Crippen molar-refractivity contribution in [3.63, 3.8) is 0 Å². The van der Waals surface area contributed by atoms with E-state index in [1.165, 1.54) is 24.7 Å². The van der Waals surface area contributed by atoms with Crippen molar-refractivity contribution in [1.29, 1.82) is 0 Å². The summed E-state index contributed by atoms with van der Waals surface area (Å²) in [5.41, 5.74) is 0.852. The zero-order chi connectivity index (χ0) is 13.7. The monoisotopic (exact) mass is 278 g/mol. The molecule has 5 heteroatoms. The molecule has 2 aromatic rings. The third-order valence-corrected chi connectivity index (χ3v) is 3.05. The molecule has 0 unspecified atom stereocenters. The highest BCUT2D eigenvalue weighted by Gasteiger charge is 2.08. The molecule has 2 rings (SSSR count).